The number of nitrogens with zero attached hydrogens (tertiary/aromatic N) is 2. The number of carboxylic acid groups (broad SMARTS) is 1. The van der Waals surface area contributed by atoms with Crippen LogP contribution in [0.4, 0.5) is 10.5 Å². The number of nitrogen functional groups attached to an aromatic ring is 1. The first-order valence-electron chi connectivity index (χ1n) is 10.4. The maximum absolute atomic E-state index is 11.0. The third kappa shape index (κ3) is 4.53. The first-order valence-corrected chi connectivity index (χ1v) is 10.4. The molecule has 1 aromatic heterocycles. The molecule has 0 radical (unpaired) electrons. The Bertz CT molecular complexity index is 1210. The fourth-order valence-corrected chi connectivity index (χ4v) is 3.76. The molecule has 1 heterocycles. The maximum atomic E-state index is 11.0. The van der Waals surface area contributed by atoms with Crippen LogP contribution in [0.1, 0.15) is 31.2 Å². The summed E-state index contributed by atoms with van der Waals surface area (Å²) >= 11 is 0. The molecule has 0 aliphatic carbocycles. The summed E-state index contributed by atoms with van der Waals surface area (Å²) in [5.41, 5.74) is 11.4. The van der Waals surface area contributed by atoms with Gasteiger partial charge in [-0.1, -0.05) is 55.8 Å². The van der Waals surface area contributed by atoms with Crippen LogP contribution in [0, 0.1) is 0 Å². The third-order valence-corrected chi connectivity index (χ3v) is 5.30. The van der Waals surface area contributed by atoms with Crippen LogP contribution in [0.5, 0.6) is 5.75 Å². The Hall–Kier alpha value is -3.80. The molecule has 4 aromatic rings. The van der Waals surface area contributed by atoms with Crippen LogP contribution in [0.25, 0.3) is 22.2 Å². The van der Waals surface area contributed by atoms with Crippen molar-refractivity contribution in [2.24, 2.45) is 0 Å². The zero-order chi connectivity index (χ0) is 21.8. The highest BCUT2D eigenvalue weighted by Crippen LogP contribution is 2.30. The molecule has 0 amide bonds. The number of anilines is 1. The van der Waals surface area contributed by atoms with E-state index >= 15 is 0 Å². The van der Waals surface area contributed by atoms with Gasteiger partial charge in [-0.15, -0.1) is 0 Å². The number of ether oxygens (including phenoxy) is 1. The SMILES string of the molecule is CCCCc1nc2cc(N)ccc2n1Cc1ccc(-c2ccccc2OC(=O)O)cc1. The Kier molecular flexibility index (Phi) is 5.89. The van der Waals surface area contributed by atoms with E-state index in [9.17, 15) is 4.79 Å². The van der Waals surface area contributed by atoms with Crippen LogP contribution in [-0.2, 0) is 13.0 Å². The fraction of sp³-hybridized carbons (Fsp3) is 0.200. The van der Waals surface area contributed by atoms with Crippen LogP contribution in [0.15, 0.2) is 66.7 Å². The van der Waals surface area contributed by atoms with Gasteiger partial charge in [0.2, 0.25) is 0 Å². The average molecular weight is 415 g/mol. The average Bonchev–Trinajstić information content (AvgIpc) is 3.09. The van der Waals surface area contributed by atoms with Crippen molar-refractivity contribution >= 4 is 22.9 Å². The number of fused-ring (bicyclic) bond motifs is 1. The van der Waals surface area contributed by atoms with Gasteiger partial charge in [0.1, 0.15) is 11.6 Å². The standard InChI is InChI=1S/C25H25N3O3/c1-2-3-8-24-27-21-15-19(26)13-14-22(21)28(24)16-17-9-11-18(12-10-17)20-6-4-5-7-23(20)31-25(29)30/h4-7,9-15H,2-3,8,16,26H2,1H3,(H,29,30). The number of unbranched alkanes of at least 4 members (excludes halogenated alkanes) is 1. The van der Waals surface area contributed by atoms with Crippen LogP contribution < -0.4 is 10.5 Å². The summed E-state index contributed by atoms with van der Waals surface area (Å²) in [6.07, 6.45) is 1.79. The first kappa shape index (κ1) is 20.5. The number of hydrogen-bond donors (Lipinski definition) is 2. The summed E-state index contributed by atoms with van der Waals surface area (Å²) < 4.78 is 7.17. The molecule has 0 spiro atoms. The maximum Gasteiger partial charge on any atom is 0.511 e. The predicted molar refractivity (Wildman–Crippen MR) is 122 cm³/mol. The molecule has 0 aliphatic rings. The zero-order valence-electron chi connectivity index (χ0n) is 17.4. The lowest BCUT2D eigenvalue weighted by atomic mass is 10.0. The van der Waals surface area contributed by atoms with E-state index in [-0.39, 0.29) is 0 Å². The van der Waals surface area contributed by atoms with Gasteiger partial charge in [0.25, 0.3) is 0 Å². The number of aromatic nitrogens is 2. The van der Waals surface area contributed by atoms with Crippen LogP contribution >= 0.6 is 0 Å². The molecule has 0 aliphatic heterocycles. The Morgan fingerprint density at radius 2 is 1.87 bits per heavy atom. The van der Waals surface area contributed by atoms with Gasteiger partial charge in [-0.3, -0.25) is 0 Å². The van der Waals surface area contributed by atoms with Crippen molar-refractivity contribution < 1.29 is 14.6 Å². The predicted octanol–water partition coefficient (Wildman–Crippen LogP) is 5.73. The molecular formula is C25H25N3O3. The van der Waals surface area contributed by atoms with Crippen molar-refractivity contribution in [2.45, 2.75) is 32.7 Å². The zero-order valence-corrected chi connectivity index (χ0v) is 17.4. The fourth-order valence-electron chi connectivity index (χ4n) is 3.76. The Morgan fingerprint density at radius 1 is 1.10 bits per heavy atom. The number of benzene rings is 3. The van der Waals surface area contributed by atoms with Gasteiger partial charge < -0.3 is 20.1 Å². The molecular weight excluding hydrogens is 390 g/mol. The highest BCUT2D eigenvalue weighted by molar-refractivity contribution is 5.80. The van der Waals surface area contributed by atoms with Crippen molar-refractivity contribution in [3.63, 3.8) is 0 Å². The van der Waals surface area contributed by atoms with E-state index in [1.54, 1.807) is 12.1 Å². The largest absolute Gasteiger partial charge is 0.511 e. The quantitative estimate of drug-likeness (QED) is 0.228. The second-order valence-corrected chi connectivity index (χ2v) is 7.53. The normalized spacial score (nSPS) is 11.0. The highest BCUT2D eigenvalue weighted by atomic mass is 16.7. The van der Waals surface area contributed by atoms with Crippen LogP contribution in [0.2, 0.25) is 0 Å². The van der Waals surface area contributed by atoms with E-state index in [1.165, 1.54) is 0 Å². The molecule has 0 atom stereocenters. The topological polar surface area (TPSA) is 90.4 Å². The lowest BCUT2D eigenvalue weighted by Crippen LogP contribution is -2.06. The molecule has 31 heavy (non-hydrogen) atoms. The van der Waals surface area contributed by atoms with E-state index in [1.807, 2.05) is 42.5 Å². The van der Waals surface area contributed by atoms with E-state index in [0.717, 1.165) is 52.8 Å². The second kappa shape index (κ2) is 8.92. The molecule has 3 N–H and O–H groups in total. The van der Waals surface area contributed by atoms with Crippen molar-refractivity contribution in [2.75, 3.05) is 5.73 Å². The van der Waals surface area contributed by atoms with E-state index in [2.05, 4.69) is 23.6 Å². The second-order valence-electron chi connectivity index (χ2n) is 7.53. The minimum absolute atomic E-state index is 0.322. The van der Waals surface area contributed by atoms with Gasteiger partial charge in [0.15, 0.2) is 0 Å². The summed E-state index contributed by atoms with van der Waals surface area (Å²) in [7, 11) is 0. The van der Waals surface area contributed by atoms with E-state index in [4.69, 9.17) is 20.6 Å². The van der Waals surface area contributed by atoms with Crippen molar-refractivity contribution in [3.8, 4) is 16.9 Å². The number of hydrogen-bond acceptors (Lipinski definition) is 4. The number of rotatable bonds is 7. The first-order chi connectivity index (χ1) is 15.0. The Labute approximate surface area is 180 Å². The smallest absolute Gasteiger partial charge is 0.449 e. The Balaban J connectivity index is 1.64. The van der Waals surface area contributed by atoms with Crippen molar-refractivity contribution in [1.82, 2.24) is 9.55 Å². The van der Waals surface area contributed by atoms with Crippen molar-refractivity contribution in [1.29, 1.82) is 0 Å². The molecule has 0 saturated heterocycles. The van der Waals surface area contributed by atoms with Gasteiger partial charge in [-0.25, -0.2) is 9.78 Å². The molecule has 3 aromatic carbocycles. The number of para-hydroxylation sites is 1. The molecule has 4 rings (SSSR count). The van der Waals surface area contributed by atoms with Gasteiger partial charge in [-0.05, 0) is 41.8 Å². The summed E-state index contributed by atoms with van der Waals surface area (Å²) in [6.45, 7) is 2.88. The Morgan fingerprint density at radius 3 is 2.61 bits per heavy atom. The van der Waals surface area contributed by atoms with Crippen LogP contribution in [0.3, 0.4) is 0 Å². The van der Waals surface area contributed by atoms with Crippen molar-refractivity contribution in [3.05, 3.63) is 78.1 Å². The summed E-state index contributed by atoms with van der Waals surface area (Å²) in [4.78, 5) is 15.8. The van der Waals surface area contributed by atoms with Gasteiger partial charge in [-0.2, -0.15) is 0 Å². The molecule has 0 fully saturated rings. The van der Waals surface area contributed by atoms with E-state index in [0.29, 0.717) is 18.0 Å². The van der Waals surface area contributed by atoms with Gasteiger partial charge in [0, 0.05) is 24.2 Å². The van der Waals surface area contributed by atoms with Gasteiger partial charge in [0.05, 0.1) is 11.0 Å². The number of imidazole rings is 1. The molecule has 6 nitrogen and oxygen atoms in total. The number of aryl methyl sites for hydroxylation is 1. The monoisotopic (exact) mass is 415 g/mol. The third-order valence-electron chi connectivity index (χ3n) is 5.30. The molecule has 0 saturated carbocycles. The molecule has 6 heteroatoms. The van der Waals surface area contributed by atoms with Gasteiger partial charge >= 0.3 is 6.16 Å². The minimum Gasteiger partial charge on any atom is -0.449 e. The highest BCUT2D eigenvalue weighted by Gasteiger charge is 2.13. The van der Waals surface area contributed by atoms with Crippen LogP contribution in [-0.4, -0.2) is 20.8 Å². The summed E-state index contributed by atoms with van der Waals surface area (Å²) in [6, 6.07) is 21.1. The lowest BCUT2D eigenvalue weighted by molar-refractivity contribution is 0.144. The molecule has 0 unspecified atom stereocenters. The van der Waals surface area contributed by atoms with E-state index < -0.39 is 6.16 Å². The summed E-state index contributed by atoms with van der Waals surface area (Å²) in [5.74, 6) is 1.38. The number of carbonyl (C=O) groups is 1. The molecule has 0 bridgehead atoms. The lowest BCUT2D eigenvalue weighted by Gasteiger charge is -2.11. The molecule has 158 valence electrons. The number of nitrogens with two attached hydrogens (primary N) is 1. The minimum atomic E-state index is -1.32. The summed E-state index contributed by atoms with van der Waals surface area (Å²) in [5, 5.41) is 8.98.